The molecular weight excluding hydrogens is 1480 g/mol. The summed E-state index contributed by atoms with van der Waals surface area (Å²) in [5.74, 6) is 37.5. The monoisotopic (exact) mass is 1590 g/mol. The van der Waals surface area contributed by atoms with E-state index in [0.717, 1.165) is 89.0 Å². The minimum Gasteiger partial charge on any atom is -0.493 e. The van der Waals surface area contributed by atoms with Crippen molar-refractivity contribution in [3.63, 3.8) is 0 Å². The molecule has 10 heteroatoms. The molecule has 0 spiro atoms. The Bertz CT molecular complexity index is 5170. The maximum atomic E-state index is 7.37. The van der Waals surface area contributed by atoms with Crippen molar-refractivity contribution in [1.29, 1.82) is 0 Å². The highest BCUT2D eigenvalue weighted by Gasteiger charge is 2.67. The van der Waals surface area contributed by atoms with Crippen LogP contribution >= 0.6 is 0 Å². The molecule has 0 amide bonds. The van der Waals surface area contributed by atoms with E-state index >= 15 is 0 Å². The lowest BCUT2D eigenvalue weighted by Gasteiger charge is -2.56. The van der Waals surface area contributed by atoms with Crippen LogP contribution < -0.4 is 18.9 Å². The molecule has 3 aliphatic rings. The van der Waals surface area contributed by atoms with Crippen LogP contribution in [0.5, 0.6) is 23.0 Å². The van der Waals surface area contributed by atoms with Crippen LogP contribution in [0.4, 0.5) is 0 Å². The van der Waals surface area contributed by atoms with Gasteiger partial charge in [0.1, 0.15) is 27.0 Å². The topological polar surface area (TPSA) is 73.8 Å². The molecule has 0 bridgehead atoms. The predicted molar refractivity (Wildman–Crippen MR) is 487 cm³/mol. The van der Waals surface area contributed by atoms with Gasteiger partial charge in [0.2, 0.25) is 0 Å². The van der Waals surface area contributed by atoms with Crippen LogP contribution in [-0.2, 0) is 41.4 Å². The first kappa shape index (κ1) is 84.9. The van der Waals surface area contributed by atoms with Gasteiger partial charge in [-0.3, -0.25) is 0 Å². The van der Waals surface area contributed by atoms with Crippen molar-refractivity contribution < 1.29 is 37.9 Å². The highest BCUT2D eigenvalue weighted by atomic mass is 28.3. The second kappa shape index (κ2) is 34.9. The molecule has 0 saturated carbocycles. The van der Waals surface area contributed by atoms with E-state index in [1.807, 2.05) is 24.3 Å². The SMILES string of the molecule is COc1cc(C#Cc2cc3c(cc2C#CC(c2ccc(C)cc2)(c2ccc(C)cc2)c2ccc(C)cc2)C24OCCOC2(OCCO4)c2cc(C#CC(c4ccc(C)cc4)(c4ccc(C)cc4)c4ccc(C)cc4)c(C#Cc4cc(OC)c(OC)cc4C#C[Si](C(C)C)(C(C)C)C(C)C)cc2-3)c(C#C[Si](C(C)C)(C(C)C)C(C)C)cc1OC. The number of hydrogen-bond acceptors (Lipinski definition) is 8. The average Bonchev–Trinajstić information content (AvgIpc) is 0.678. The van der Waals surface area contributed by atoms with E-state index in [1.165, 1.54) is 0 Å². The summed E-state index contributed by atoms with van der Waals surface area (Å²) in [5, 5.41) is 0. The molecule has 13 rings (SSSR count). The van der Waals surface area contributed by atoms with Crippen molar-refractivity contribution in [2.75, 3.05) is 54.9 Å². The Balaban J connectivity index is 1.19. The fourth-order valence-corrected chi connectivity index (χ4v) is 29.1. The zero-order valence-electron chi connectivity index (χ0n) is 73.0. The number of rotatable bonds is 16. The number of aryl methyl sites for hydroxylation is 6. The summed E-state index contributed by atoms with van der Waals surface area (Å²) in [7, 11) is 2.05. The molecule has 1 aliphatic carbocycles. The molecule has 2 saturated heterocycles. The summed E-state index contributed by atoms with van der Waals surface area (Å²) in [4.78, 5) is 0. The average molecular weight is 1590 g/mol. The number of hydrogen-bond donors (Lipinski definition) is 0. The first-order valence-corrected chi connectivity index (χ1v) is 46.1. The standard InChI is InChI=1S/C108H112O8Si2/c1-71(2)117(72(3)4,73(5)6)61-53-89-69-103(111-21)101(109-19)67-85(89)37-35-83-63-97-98-64-84(36-38-86-68-102(110-20)104(112-22)70-90(86)54-62-118(74(7)8,75(9)10)76(11)12)88(52-56-106(94-45-29-80(16)30-46-94,95-47-31-81(17)32-48-95)96-49-33-82(18)34-50-96)66-100(98)108-107(113-57-59-115-108,114-58-60-116-108)99(97)65-87(83)51-55-105(91-39-23-77(13)24-40-91,92-41-25-78(14)26-42-92)93-43-27-79(15)28-44-93/h23-34,39-50,63-76H,57-60H2,1-22H3. The van der Waals surface area contributed by atoms with Gasteiger partial charge in [-0.15, -0.1) is 11.1 Å². The smallest absolute Gasteiger partial charge is 0.256 e. The van der Waals surface area contributed by atoms with Gasteiger partial charge in [0.25, 0.3) is 11.6 Å². The van der Waals surface area contributed by atoms with Gasteiger partial charge in [-0.2, -0.15) is 0 Å². The van der Waals surface area contributed by atoms with Gasteiger partial charge >= 0.3 is 0 Å². The molecule has 2 fully saturated rings. The lowest BCUT2D eigenvalue weighted by Crippen LogP contribution is -2.64. The maximum Gasteiger partial charge on any atom is 0.256 e. The van der Waals surface area contributed by atoms with Crippen molar-refractivity contribution in [1.82, 2.24) is 0 Å². The summed E-state index contributed by atoms with van der Waals surface area (Å²) >= 11 is 0. The van der Waals surface area contributed by atoms with E-state index in [1.54, 1.807) is 28.4 Å². The van der Waals surface area contributed by atoms with Crippen molar-refractivity contribution in [2.24, 2.45) is 0 Å². The molecular formula is C108H112O8Si2. The molecule has 0 N–H and O–H groups in total. The van der Waals surface area contributed by atoms with Crippen molar-refractivity contribution in [3.8, 4) is 104 Å². The summed E-state index contributed by atoms with van der Waals surface area (Å²) in [6.07, 6.45) is 0. The van der Waals surface area contributed by atoms with Crippen LogP contribution in [0.2, 0.25) is 33.2 Å². The van der Waals surface area contributed by atoms with E-state index in [2.05, 4.69) is 365 Å². The lowest BCUT2D eigenvalue weighted by molar-refractivity contribution is -0.483. The van der Waals surface area contributed by atoms with Crippen LogP contribution in [0.3, 0.4) is 0 Å². The van der Waals surface area contributed by atoms with E-state index in [9.17, 15) is 0 Å². The Morgan fingerprint density at radius 1 is 0.271 bits per heavy atom. The minimum atomic E-state index is -2.29. The first-order valence-electron chi connectivity index (χ1n) is 41.6. The number of ether oxygens (including phenoxy) is 8. The number of methoxy groups -OCH3 is 4. The molecule has 2 aliphatic heterocycles. The quantitative estimate of drug-likeness (QED) is 0.0538. The Hall–Kier alpha value is -11.0. The Morgan fingerprint density at radius 3 is 0.669 bits per heavy atom. The highest BCUT2D eigenvalue weighted by Crippen LogP contribution is 2.61. The van der Waals surface area contributed by atoms with Gasteiger partial charge in [0.05, 0.1) is 54.9 Å². The Morgan fingerprint density at radius 2 is 0.466 bits per heavy atom. The summed E-state index contributed by atoms with van der Waals surface area (Å²) < 4.78 is 53.9. The van der Waals surface area contributed by atoms with Crippen LogP contribution in [0.15, 0.2) is 194 Å². The third-order valence-electron chi connectivity index (χ3n) is 25.1. The second-order valence-corrected chi connectivity index (χ2v) is 45.2. The van der Waals surface area contributed by atoms with Crippen LogP contribution in [0, 0.1) is 112 Å². The minimum absolute atomic E-state index is 0.186. The number of benzene rings is 10. The van der Waals surface area contributed by atoms with Crippen molar-refractivity contribution in [2.45, 2.75) is 180 Å². The molecule has 2 heterocycles. The van der Waals surface area contributed by atoms with E-state index in [0.29, 0.717) is 101 Å². The Labute approximate surface area is 705 Å². The van der Waals surface area contributed by atoms with Crippen LogP contribution in [0.25, 0.3) is 11.1 Å². The molecule has 0 aromatic heterocycles. The molecule has 8 nitrogen and oxygen atoms in total. The summed E-state index contributed by atoms with van der Waals surface area (Å²) in [6, 6.07) is 69.0. The zero-order chi connectivity index (χ0) is 84.2. The Kier molecular flexibility index (Phi) is 25.1. The molecule has 600 valence electrons. The van der Waals surface area contributed by atoms with Crippen molar-refractivity contribution in [3.05, 3.63) is 317 Å². The fourth-order valence-electron chi connectivity index (χ4n) is 18.7. The van der Waals surface area contributed by atoms with Gasteiger partial charge in [0, 0.05) is 79.9 Å². The molecule has 0 unspecified atom stereocenters. The first-order chi connectivity index (χ1) is 56.6. The molecule has 0 radical (unpaired) electrons. The van der Waals surface area contributed by atoms with Gasteiger partial charge in [-0.1, -0.05) is 321 Å². The second-order valence-electron chi connectivity index (χ2n) is 34.0. The van der Waals surface area contributed by atoms with E-state index in [-0.39, 0.29) is 26.4 Å². The summed E-state index contributed by atoms with van der Waals surface area (Å²) in [6.45, 7) is 41.5. The molecule has 0 atom stereocenters. The normalized spacial score (nSPS) is 15.6. The lowest BCUT2D eigenvalue weighted by atomic mass is 9.69. The van der Waals surface area contributed by atoms with Gasteiger partial charge in [-0.05, 0) is 144 Å². The fraction of sp³-hybridized carbons (Fsp3) is 0.333. The molecule has 118 heavy (non-hydrogen) atoms. The van der Waals surface area contributed by atoms with E-state index < -0.39 is 38.6 Å². The summed E-state index contributed by atoms with van der Waals surface area (Å²) in [5.41, 5.74) is 29.2. The van der Waals surface area contributed by atoms with Gasteiger partial charge in [-0.25, -0.2) is 0 Å². The molecule has 10 aromatic rings. The van der Waals surface area contributed by atoms with Gasteiger partial charge in [0.15, 0.2) is 23.0 Å². The van der Waals surface area contributed by atoms with E-state index in [4.69, 9.17) is 37.9 Å². The zero-order valence-corrected chi connectivity index (χ0v) is 75.0. The van der Waals surface area contributed by atoms with Crippen LogP contribution in [0.1, 0.15) is 205 Å². The highest BCUT2D eigenvalue weighted by molar-refractivity contribution is 6.91. The van der Waals surface area contributed by atoms with Crippen molar-refractivity contribution >= 4 is 16.1 Å². The van der Waals surface area contributed by atoms with Gasteiger partial charge < -0.3 is 37.9 Å². The van der Waals surface area contributed by atoms with Crippen LogP contribution in [-0.4, -0.2) is 71.0 Å². The third-order valence-corrected chi connectivity index (χ3v) is 37.7. The molecule has 10 aromatic carbocycles. The third kappa shape index (κ3) is 15.6. The largest absolute Gasteiger partial charge is 0.493 e. The maximum absolute atomic E-state index is 7.37. The number of fused-ring (bicyclic) bond motifs is 3. The predicted octanol–water partition coefficient (Wildman–Crippen LogP) is 23.4.